The number of nitrogens with zero attached hydrogens (tertiary/aromatic N) is 1. The largest absolute Gasteiger partial charge is 0.341 e. The molecule has 2 aromatic rings. The van der Waals surface area contributed by atoms with E-state index in [-0.39, 0.29) is 11.6 Å². The summed E-state index contributed by atoms with van der Waals surface area (Å²) >= 11 is 0. The van der Waals surface area contributed by atoms with Crippen LogP contribution in [0.1, 0.15) is 12.5 Å². The summed E-state index contributed by atoms with van der Waals surface area (Å²) in [5, 5.41) is 2.98. The van der Waals surface area contributed by atoms with Gasteiger partial charge in [0.05, 0.1) is 0 Å². The van der Waals surface area contributed by atoms with Crippen molar-refractivity contribution in [2.75, 3.05) is 18.5 Å². The molecular weight excluding hydrogens is 258 g/mol. The molecule has 0 aliphatic carbocycles. The van der Waals surface area contributed by atoms with Gasteiger partial charge in [0, 0.05) is 30.0 Å². The van der Waals surface area contributed by atoms with E-state index in [0.717, 1.165) is 11.4 Å². The topological polar surface area (TPSA) is 15.3 Å². The van der Waals surface area contributed by atoms with E-state index in [1.165, 1.54) is 18.2 Å². The second kappa shape index (κ2) is 6.48. The van der Waals surface area contributed by atoms with Crippen molar-refractivity contribution in [3.63, 3.8) is 0 Å². The molecule has 0 aliphatic rings. The lowest BCUT2D eigenvalue weighted by Gasteiger charge is -2.26. The molecule has 2 rings (SSSR count). The molecule has 1 N–H and O–H groups in total. The number of anilines is 2. The Kier molecular flexibility index (Phi) is 4.69. The van der Waals surface area contributed by atoms with Crippen LogP contribution in [0, 0.1) is 11.6 Å². The fraction of sp³-hybridized carbons (Fsp3) is 0.250. The van der Waals surface area contributed by atoms with Crippen LogP contribution in [-0.4, -0.2) is 13.6 Å². The molecule has 0 saturated heterocycles. The van der Waals surface area contributed by atoms with Crippen molar-refractivity contribution in [1.82, 2.24) is 5.32 Å². The fourth-order valence-corrected chi connectivity index (χ4v) is 2.26. The average molecular weight is 276 g/mol. The lowest BCUT2D eigenvalue weighted by Crippen LogP contribution is -2.20. The third-order valence-electron chi connectivity index (χ3n) is 3.19. The monoisotopic (exact) mass is 276 g/mol. The van der Waals surface area contributed by atoms with Crippen LogP contribution >= 0.6 is 0 Å². The molecule has 0 atom stereocenters. The molecule has 4 heteroatoms. The van der Waals surface area contributed by atoms with Gasteiger partial charge < -0.3 is 10.2 Å². The van der Waals surface area contributed by atoms with Gasteiger partial charge >= 0.3 is 0 Å². The van der Waals surface area contributed by atoms with Gasteiger partial charge in [0.1, 0.15) is 11.6 Å². The van der Waals surface area contributed by atoms with Gasteiger partial charge in [-0.1, -0.05) is 6.07 Å². The van der Waals surface area contributed by atoms with Crippen molar-refractivity contribution in [2.45, 2.75) is 13.5 Å². The molecule has 106 valence electrons. The van der Waals surface area contributed by atoms with E-state index >= 15 is 0 Å². The first-order valence-electron chi connectivity index (χ1n) is 6.62. The molecule has 0 heterocycles. The van der Waals surface area contributed by atoms with Gasteiger partial charge in [0.15, 0.2) is 0 Å². The van der Waals surface area contributed by atoms with E-state index in [9.17, 15) is 8.78 Å². The second-order valence-corrected chi connectivity index (χ2v) is 4.49. The smallest absolute Gasteiger partial charge is 0.129 e. The Labute approximate surface area is 118 Å². The van der Waals surface area contributed by atoms with Crippen LogP contribution in [0.2, 0.25) is 0 Å². The SMILES string of the molecule is CCN(c1ccc(F)cc1)c1cccc(F)c1CNC. The van der Waals surface area contributed by atoms with E-state index in [1.807, 2.05) is 17.9 Å². The summed E-state index contributed by atoms with van der Waals surface area (Å²) in [6.45, 7) is 3.10. The highest BCUT2D eigenvalue weighted by atomic mass is 19.1. The Hall–Kier alpha value is -1.94. The van der Waals surface area contributed by atoms with Crippen molar-refractivity contribution >= 4 is 11.4 Å². The quantitative estimate of drug-likeness (QED) is 0.892. The molecule has 2 aromatic carbocycles. The Balaban J connectivity index is 2.46. The molecule has 0 fully saturated rings. The first kappa shape index (κ1) is 14.5. The van der Waals surface area contributed by atoms with E-state index in [0.29, 0.717) is 18.7 Å². The number of hydrogen-bond donors (Lipinski definition) is 1. The van der Waals surface area contributed by atoms with Crippen LogP contribution in [0.3, 0.4) is 0 Å². The zero-order valence-electron chi connectivity index (χ0n) is 11.7. The zero-order chi connectivity index (χ0) is 14.5. The van der Waals surface area contributed by atoms with E-state index in [1.54, 1.807) is 25.2 Å². The van der Waals surface area contributed by atoms with E-state index in [2.05, 4.69) is 5.32 Å². The summed E-state index contributed by atoms with van der Waals surface area (Å²) in [5.41, 5.74) is 2.26. The predicted octanol–water partition coefficient (Wildman–Crippen LogP) is 3.84. The zero-order valence-corrected chi connectivity index (χ0v) is 11.7. The Morgan fingerprint density at radius 1 is 1.05 bits per heavy atom. The van der Waals surface area contributed by atoms with Crippen LogP contribution in [-0.2, 0) is 6.54 Å². The third kappa shape index (κ3) is 2.96. The van der Waals surface area contributed by atoms with Crippen LogP contribution in [0.25, 0.3) is 0 Å². The molecule has 2 nitrogen and oxygen atoms in total. The average Bonchev–Trinajstić information content (AvgIpc) is 2.45. The Bertz CT molecular complexity index is 567. The van der Waals surface area contributed by atoms with Gasteiger partial charge in [0.2, 0.25) is 0 Å². The van der Waals surface area contributed by atoms with Crippen LogP contribution in [0.4, 0.5) is 20.2 Å². The minimum atomic E-state index is -0.278. The maximum atomic E-state index is 14.0. The maximum absolute atomic E-state index is 14.0. The van der Waals surface area contributed by atoms with Gasteiger partial charge in [-0.05, 0) is 50.4 Å². The van der Waals surface area contributed by atoms with Crippen molar-refractivity contribution < 1.29 is 8.78 Å². The minimum Gasteiger partial charge on any atom is -0.341 e. The van der Waals surface area contributed by atoms with Gasteiger partial charge in [0.25, 0.3) is 0 Å². The highest BCUT2D eigenvalue weighted by Crippen LogP contribution is 2.30. The third-order valence-corrected chi connectivity index (χ3v) is 3.19. The highest BCUT2D eigenvalue weighted by Gasteiger charge is 2.14. The number of hydrogen-bond acceptors (Lipinski definition) is 2. The van der Waals surface area contributed by atoms with Crippen molar-refractivity contribution in [2.24, 2.45) is 0 Å². The van der Waals surface area contributed by atoms with E-state index in [4.69, 9.17) is 0 Å². The summed E-state index contributed by atoms with van der Waals surface area (Å²) in [6.07, 6.45) is 0. The highest BCUT2D eigenvalue weighted by molar-refractivity contribution is 5.66. The summed E-state index contributed by atoms with van der Waals surface area (Å²) in [4.78, 5) is 1.97. The van der Waals surface area contributed by atoms with Gasteiger partial charge in [-0.2, -0.15) is 0 Å². The summed E-state index contributed by atoms with van der Waals surface area (Å²) in [6, 6.07) is 11.2. The first-order valence-corrected chi connectivity index (χ1v) is 6.62. The van der Waals surface area contributed by atoms with Crippen molar-refractivity contribution in [3.05, 3.63) is 59.7 Å². The maximum Gasteiger partial charge on any atom is 0.129 e. The number of rotatable bonds is 5. The molecule has 0 radical (unpaired) electrons. The molecule has 0 saturated carbocycles. The van der Waals surface area contributed by atoms with Crippen LogP contribution < -0.4 is 10.2 Å². The van der Waals surface area contributed by atoms with Gasteiger partial charge in [-0.15, -0.1) is 0 Å². The molecule has 20 heavy (non-hydrogen) atoms. The normalized spacial score (nSPS) is 10.6. The molecule has 0 aromatic heterocycles. The Morgan fingerprint density at radius 2 is 1.75 bits per heavy atom. The van der Waals surface area contributed by atoms with Crippen LogP contribution in [0.15, 0.2) is 42.5 Å². The lowest BCUT2D eigenvalue weighted by molar-refractivity contribution is 0.600. The number of nitrogens with one attached hydrogen (secondary N) is 1. The fourth-order valence-electron chi connectivity index (χ4n) is 2.26. The minimum absolute atomic E-state index is 0.239. The molecule has 0 aliphatic heterocycles. The molecule has 0 amide bonds. The summed E-state index contributed by atoms with van der Waals surface area (Å²) in [5.74, 6) is -0.517. The molecule has 0 unspecified atom stereocenters. The lowest BCUT2D eigenvalue weighted by atomic mass is 10.1. The molecule has 0 bridgehead atoms. The van der Waals surface area contributed by atoms with Crippen molar-refractivity contribution in [3.8, 4) is 0 Å². The van der Waals surface area contributed by atoms with Crippen LogP contribution in [0.5, 0.6) is 0 Å². The number of benzene rings is 2. The number of halogens is 2. The second-order valence-electron chi connectivity index (χ2n) is 4.49. The predicted molar refractivity (Wildman–Crippen MR) is 78.2 cm³/mol. The molecular formula is C16H18F2N2. The summed E-state index contributed by atoms with van der Waals surface area (Å²) < 4.78 is 27.0. The Morgan fingerprint density at radius 3 is 2.35 bits per heavy atom. The summed E-state index contributed by atoms with van der Waals surface area (Å²) in [7, 11) is 1.78. The van der Waals surface area contributed by atoms with Crippen molar-refractivity contribution in [1.29, 1.82) is 0 Å². The standard InChI is InChI=1S/C16H18F2N2/c1-3-20(13-9-7-12(17)8-10-13)16-6-4-5-15(18)14(16)11-19-2/h4-10,19H,3,11H2,1-2H3. The first-order chi connectivity index (χ1) is 9.67. The van der Waals surface area contributed by atoms with Gasteiger partial charge in [-0.25, -0.2) is 8.78 Å². The van der Waals surface area contributed by atoms with Gasteiger partial charge in [-0.3, -0.25) is 0 Å². The van der Waals surface area contributed by atoms with E-state index < -0.39 is 0 Å². The molecule has 0 spiro atoms.